The molecule has 160 valence electrons. The van der Waals surface area contributed by atoms with Crippen LogP contribution in [0.25, 0.3) is 0 Å². The van der Waals surface area contributed by atoms with Gasteiger partial charge in [0, 0.05) is 25.0 Å². The number of nitrogens with zero attached hydrogens (tertiary/aromatic N) is 1. The minimum atomic E-state index is -0.966. The molecule has 2 aliphatic heterocycles. The number of carbonyl (C=O) groups excluding carboxylic acids is 4. The first-order chi connectivity index (χ1) is 14.9. The van der Waals surface area contributed by atoms with Crippen LogP contribution in [-0.4, -0.2) is 40.6 Å². The molecule has 2 aromatic carbocycles. The average molecular weight is 420 g/mol. The van der Waals surface area contributed by atoms with Gasteiger partial charge in [0.25, 0.3) is 11.8 Å². The van der Waals surface area contributed by atoms with Crippen LogP contribution in [0.1, 0.15) is 57.7 Å². The number of nitrogens with one attached hydrogen (secondary N) is 2. The van der Waals surface area contributed by atoms with Gasteiger partial charge in [0.1, 0.15) is 6.04 Å². The number of carbonyl (C=O) groups is 4. The topological polar surface area (TPSA) is 122 Å². The molecule has 0 bridgehead atoms. The molecule has 4 amide bonds. The molecule has 31 heavy (non-hydrogen) atoms. The lowest BCUT2D eigenvalue weighted by Gasteiger charge is -2.27. The first-order valence-electron chi connectivity index (χ1n) is 10.2. The number of hydrogen-bond donors (Lipinski definition) is 3. The van der Waals surface area contributed by atoms with E-state index in [-0.39, 0.29) is 36.1 Å². The molecule has 2 heterocycles. The van der Waals surface area contributed by atoms with Gasteiger partial charge in [-0.25, -0.2) is 0 Å². The van der Waals surface area contributed by atoms with Crippen molar-refractivity contribution in [3.05, 3.63) is 70.8 Å². The maximum atomic E-state index is 13.0. The van der Waals surface area contributed by atoms with Gasteiger partial charge in [-0.05, 0) is 36.6 Å². The third-order valence-corrected chi connectivity index (χ3v) is 5.71. The molecule has 3 atom stereocenters. The number of benzene rings is 2. The Morgan fingerprint density at radius 1 is 1.06 bits per heavy atom. The number of hydrogen-bond acceptors (Lipinski definition) is 6. The van der Waals surface area contributed by atoms with Crippen molar-refractivity contribution in [2.45, 2.75) is 44.4 Å². The van der Waals surface area contributed by atoms with Gasteiger partial charge in [-0.3, -0.25) is 29.4 Å². The van der Waals surface area contributed by atoms with E-state index in [0.29, 0.717) is 6.54 Å². The van der Waals surface area contributed by atoms with Crippen LogP contribution in [0.5, 0.6) is 0 Å². The van der Waals surface area contributed by atoms with E-state index in [2.05, 4.69) is 10.6 Å². The number of rotatable bonds is 6. The molecule has 4 rings (SSSR count). The van der Waals surface area contributed by atoms with E-state index in [1.807, 2.05) is 37.3 Å². The fourth-order valence-electron chi connectivity index (χ4n) is 4.12. The third kappa shape index (κ3) is 3.99. The lowest BCUT2D eigenvalue weighted by Crippen LogP contribution is -2.54. The summed E-state index contributed by atoms with van der Waals surface area (Å²) in [5, 5.41) is 5.62. The molecule has 0 aromatic heterocycles. The van der Waals surface area contributed by atoms with Gasteiger partial charge in [-0.1, -0.05) is 36.4 Å². The number of piperidine rings is 1. The Hall–Kier alpha value is -3.36. The van der Waals surface area contributed by atoms with Gasteiger partial charge in [-0.15, -0.1) is 0 Å². The zero-order valence-corrected chi connectivity index (χ0v) is 17.1. The van der Waals surface area contributed by atoms with Crippen molar-refractivity contribution in [3.63, 3.8) is 0 Å². The summed E-state index contributed by atoms with van der Waals surface area (Å²) < 4.78 is 0. The molecule has 8 heteroatoms. The third-order valence-electron chi connectivity index (χ3n) is 5.71. The minimum Gasteiger partial charge on any atom is -0.326 e. The van der Waals surface area contributed by atoms with Gasteiger partial charge in [0.05, 0.1) is 11.1 Å². The van der Waals surface area contributed by atoms with Crippen molar-refractivity contribution >= 4 is 23.6 Å². The average Bonchev–Trinajstić information content (AvgIpc) is 2.99. The normalized spacial score (nSPS) is 20.5. The highest BCUT2D eigenvalue weighted by molar-refractivity contribution is 6.23. The van der Waals surface area contributed by atoms with Crippen molar-refractivity contribution in [2.24, 2.45) is 5.73 Å². The van der Waals surface area contributed by atoms with E-state index < -0.39 is 29.7 Å². The largest absolute Gasteiger partial charge is 0.326 e. The molecular formula is C23H24N4O4. The molecule has 1 fully saturated rings. The number of nitrogens with two attached hydrogens (primary N) is 1. The highest BCUT2D eigenvalue weighted by Crippen LogP contribution is 2.28. The summed E-state index contributed by atoms with van der Waals surface area (Å²) in [6.45, 7) is 2.38. The summed E-state index contributed by atoms with van der Waals surface area (Å²) in [4.78, 5) is 50.3. The Kier molecular flexibility index (Phi) is 5.67. The lowest BCUT2D eigenvalue weighted by molar-refractivity contribution is -0.136. The second-order valence-electron chi connectivity index (χ2n) is 7.96. The molecule has 0 aliphatic carbocycles. The predicted octanol–water partition coefficient (Wildman–Crippen LogP) is 1.27. The summed E-state index contributed by atoms with van der Waals surface area (Å²) >= 11 is 0. The Bertz CT molecular complexity index is 1050. The van der Waals surface area contributed by atoms with Crippen LogP contribution in [0, 0.1) is 0 Å². The Morgan fingerprint density at radius 2 is 1.77 bits per heavy atom. The highest BCUT2D eigenvalue weighted by Gasteiger charge is 2.44. The molecule has 8 nitrogen and oxygen atoms in total. The fraction of sp³-hybridized carbons (Fsp3) is 0.304. The van der Waals surface area contributed by atoms with Crippen molar-refractivity contribution in [3.8, 4) is 0 Å². The second-order valence-corrected chi connectivity index (χ2v) is 7.96. The second kappa shape index (κ2) is 8.41. The van der Waals surface area contributed by atoms with Crippen LogP contribution in [0.2, 0.25) is 0 Å². The molecule has 1 saturated heterocycles. The molecule has 2 aliphatic rings. The SMILES string of the molecule is CC(N)C(NCc1ccc2c(c1)C(=O)N(C1CCC(=O)NC1=O)C2=O)c1ccccc1. The zero-order chi connectivity index (χ0) is 22.1. The van der Waals surface area contributed by atoms with Crippen molar-refractivity contribution in [1.29, 1.82) is 0 Å². The Balaban J connectivity index is 1.52. The zero-order valence-electron chi connectivity index (χ0n) is 17.1. The maximum absolute atomic E-state index is 13.0. The number of imide groups is 2. The van der Waals surface area contributed by atoms with Crippen LogP contribution < -0.4 is 16.4 Å². The van der Waals surface area contributed by atoms with E-state index in [0.717, 1.165) is 16.0 Å². The fourth-order valence-corrected chi connectivity index (χ4v) is 4.12. The molecule has 0 radical (unpaired) electrons. The van der Waals surface area contributed by atoms with E-state index >= 15 is 0 Å². The molecule has 0 spiro atoms. The van der Waals surface area contributed by atoms with Crippen LogP contribution in [0.4, 0.5) is 0 Å². The van der Waals surface area contributed by atoms with Crippen molar-refractivity contribution in [1.82, 2.24) is 15.5 Å². The quantitative estimate of drug-likeness (QED) is 0.605. The first kappa shape index (κ1) is 20.9. The minimum absolute atomic E-state index is 0.0771. The van der Waals surface area contributed by atoms with Gasteiger partial charge < -0.3 is 11.1 Å². The summed E-state index contributed by atoms with van der Waals surface area (Å²) in [6.07, 6.45) is 0.231. The van der Waals surface area contributed by atoms with Gasteiger partial charge in [0.15, 0.2) is 0 Å². The summed E-state index contributed by atoms with van der Waals surface area (Å²) in [5.41, 5.74) is 8.58. The van der Waals surface area contributed by atoms with Gasteiger partial charge in [0.2, 0.25) is 11.8 Å². The van der Waals surface area contributed by atoms with E-state index in [4.69, 9.17) is 5.73 Å². The van der Waals surface area contributed by atoms with Crippen LogP contribution >= 0.6 is 0 Å². The van der Waals surface area contributed by atoms with Crippen molar-refractivity contribution in [2.75, 3.05) is 0 Å². The monoisotopic (exact) mass is 420 g/mol. The van der Waals surface area contributed by atoms with Gasteiger partial charge >= 0.3 is 0 Å². The molecule has 0 saturated carbocycles. The Morgan fingerprint density at radius 3 is 2.45 bits per heavy atom. The first-order valence-corrected chi connectivity index (χ1v) is 10.2. The molecular weight excluding hydrogens is 396 g/mol. The standard InChI is InChI=1S/C23H24N4O4/c1-13(24)20(15-5-3-2-4-6-15)25-12-14-7-8-16-17(11-14)23(31)27(22(16)30)18-9-10-19(28)26-21(18)29/h2-8,11,13,18,20,25H,9-10,12,24H2,1H3,(H,26,28,29). The highest BCUT2D eigenvalue weighted by atomic mass is 16.2. The van der Waals surface area contributed by atoms with Crippen LogP contribution in [0.15, 0.2) is 48.5 Å². The lowest BCUT2D eigenvalue weighted by atomic mass is 10.00. The molecule has 2 aromatic rings. The molecule has 3 unspecified atom stereocenters. The summed E-state index contributed by atoms with van der Waals surface area (Å²) in [5.74, 6) is -2.03. The van der Waals surface area contributed by atoms with Crippen molar-refractivity contribution < 1.29 is 19.2 Å². The summed E-state index contributed by atoms with van der Waals surface area (Å²) in [6, 6.07) is 13.8. The molecule has 4 N–H and O–H groups in total. The number of fused-ring (bicyclic) bond motifs is 1. The predicted molar refractivity (Wildman–Crippen MR) is 113 cm³/mol. The smallest absolute Gasteiger partial charge is 0.262 e. The van der Waals surface area contributed by atoms with Crippen LogP contribution in [-0.2, 0) is 16.1 Å². The number of amides is 4. The van der Waals surface area contributed by atoms with Gasteiger partial charge in [-0.2, -0.15) is 0 Å². The van der Waals surface area contributed by atoms with Crippen LogP contribution in [0.3, 0.4) is 0 Å². The maximum Gasteiger partial charge on any atom is 0.262 e. The van der Waals surface area contributed by atoms with E-state index in [1.165, 1.54) is 0 Å². The summed E-state index contributed by atoms with van der Waals surface area (Å²) in [7, 11) is 0. The van der Waals surface area contributed by atoms with E-state index in [9.17, 15) is 19.2 Å². The van der Waals surface area contributed by atoms with E-state index in [1.54, 1.807) is 18.2 Å². The Labute approximate surface area is 179 Å².